The van der Waals surface area contributed by atoms with Gasteiger partial charge in [-0.15, -0.1) is 0 Å². The summed E-state index contributed by atoms with van der Waals surface area (Å²) in [6.07, 6.45) is 1.95. The van der Waals surface area contributed by atoms with Crippen molar-refractivity contribution in [2.24, 2.45) is 0 Å². The molecule has 0 bridgehead atoms. The molecule has 2 heterocycles. The highest BCUT2D eigenvalue weighted by Crippen LogP contribution is 2.29. The number of aromatic nitrogens is 2. The average Bonchev–Trinajstić information content (AvgIpc) is 2.96. The molecule has 0 saturated carbocycles. The number of anilines is 3. The van der Waals surface area contributed by atoms with Crippen molar-refractivity contribution in [3.63, 3.8) is 0 Å². The summed E-state index contributed by atoms with van der Waals surface area (Å²) in [6.45, 7) is 3.91. The van der Waals surface area contributed by atoms with E-state index in [0.717, 1.165) is 33.7 Å². The van der Waals surface area contributed by atoms with Crippen LogP contribution in [0, 0.1) is 13.8 Å². The lowest BCUT2D eigenvalue weighted by atomic mass is 10.1. The monoisotopic (exact) mass is 371 g/mol. The average molecular weight is 371 g/mol. The van der Waals surface area contributed by atoms with Gasteiger partial charge in [-0.05, 0) is 55.3 Å². The lowest BCUT2D eigenvalue weighted by Crippen LogP contribution is -2.19. The Labute approximate surface area is 163 Å². The van der Waals surface area contributed by atoms with Crippen LogP contribution in [0.4, 0.5) is 22.0 Å². The molecular weight excluding hydrogens is 350 g/mol. The predicted molar refractivity (Wildman–Crippen MR) is 114 cm³/mol. The third-order valence-corrected chi connectivity index (χ3v) is 4.60. The zero-order chi connectivity index (χ0) is 19.7. The number of pyridine rings is 1. The van der Waals surface area contributed by atoms with Gasteiger partial charge in [-0.25, -0.2) is 9.78 Å². The lowest BCUT2D eigenvalue weighted by molar-refractivity contribution is 0.262. The van der Waals surface area contributed by atoms with Gasteiger partial charge < -0.3 is 20.8 Å². The molecule has 0 unspecified atom stereocenters. The Hall–Kier alpha value is -3.80. The first-order chi connectivity index (χ1) is 13.5. The van der Waals surface area contributed by atoms with Crippen LogP contribution in [0.25, 0.3) is 16.6 Å². The number of nitrogens with zero attached hydrogens (tertiary/aromatic N) is 2. The minimum Gasteiger partial charge on any atom is -0.382 e. The molecule has 6 heteroatoms. The van der Waals surface area contributed by atoms with E-state index in [0.29, 0.717) is 11.5 Å². The standard InChI is InChI=1S/C22H21N5O/c1-14-5-3-6-18(13-14)26-22(28)25-17-10-8-16(9-11-17)19-7-4-12-27-15(2)24-21(23)20(19)27/h3-13H,23H2,1-2H3,(H2,25,26,28). The predicted octanol–water partition coefficient (Wildman–Crippen LogP) is 4.84. The van der Waals surface area contributed by atoms with E-state index in [1.807, 2.05) is 85.1 Å². The maximum atomic E-state index is 12.2. The topological polar surface area (TPSA) is 84.5 Å². The summed E-state index contributed by atoms with van der Waals surface area (Å²) in [6, 6.07) is 19.0. The second kappa shape index (κ2) is 7.08. The molecule has 6 nitrogen and oxygen atoms in total. The smallest absolute Gasteiger partial charge is 0.323 e. The van der Waals surface area contributed by atoms with E-state index in [1.165, 1.54) is 0 Å². The summed E-state index contributed by atoms with van der Waals surface area (Å²) in [7, 11) is 0. The molecule has 2 amide bonds. The summed E-state index contributed by atoms with van der Waals surface area (Å²) >= 11 is 0. The molecule has 0 saturated heterocycles. The number of carbonyl (C=O) groups is 1. The van der Waals surface area contributed by atoms with Crippen molar-refractivity contribution < 1.29 is 4.79 Å². The van der Waals surface area contributed by atoms with Gasteiger partial charge in [0.2, 0.25) is 0 Å². The van der Waals surface area contributed by atoms with Gasteiger partial charge in [0.1, 0.15) is 5.82 Å². The number of hydrogen-bond acceptors (Lipinski definition) is 3. The fourth-order valence-corrected chi connectivity index (χ4v) is 3.30. The van der Waals surface area contributed by atoms with Crippen LogP contribution < -0.4 is 16.4 Å². The van der Waals surface area contributed by atoms with E-state index in [4.69, 9.17) is 5.73 Å². The van der Waals surface area contributed by atoms with Gasteiger partial charge in [0.05, 0.1) is 5.52 Å². The Morgan fingerprint density at radius 1 is 0.964 bits per heavy atom. The van der Waals surface area contributed by atoms with Gasteiger partial charge in [0, 0.05) is 23.1 Å². The SMILES string of the molecule is Cc1cccc(NC(=O)Nc2ccc(-c3cccn4c(C)nc(N)c34)cc2)c1. The summed E-state index contributed by atoms with van der Waals surface area (Å²) in [5.74, 6) is 1.35. The van der Waals surface area contributed by atoms with Gasteiger partial charge >= 0.3 is 6.03 Å². The Bertz CT molecular complexity index is 1160. The second-order valence-electron chi connectivity index (χ2n) is 6.71. The highest BCUT2D eigenvalue weighted by Gasteiger charge is 2.11. The zero-order valence-corrected chi connectivity index (χ0v) is 15.7. The van der Waals surface area contributed by atoms with Crippen LogP contribution in [0.3, 0.4) is 0 Å². The van der Waals surface area contributed by atoms with Gasteiger partial charge in [0.15, 0.2) is 5.82 Å². The minimum atomic E-state index is -0.281. The molecule has 4 rings (SSSR count). The number of carbonyl (C=O) groups excluding carboxylic acids is 1. The fraction of sp³-hybridized carbons (Fsp3) is 0.0909. The largest absolute Gasteiger partial charge is 0.382 e. The summed E-state index contributed by atoms with van der Waals surface area (Å²) in [5.41, 5.74) is 11.5. The minimum absolute atomic E-state index is 0.281. The number of nitrogens with one attached hydrogen (secondary N) is 2. The molecule has 0 aliphatic heterocycles. The second-order valence-corrected chi connectivity index (χ2v) is 6.71. The molecule has 28 heavy (non-hydrogen) atoms. The molecule has 0 fully saturated rings. The number of nitrogens with two attached hydrogens (primary N) is 1. The highest BCUT2D eigenvalue weighted by atomic mass is 16.2. The number of urea groups is 1. The van der Waals surface area contributed by atoms with Crippen molar-refractivity contribution in [1.29, 1.82) is 0 Å². The van der Waals surface area contributed by atoms with Crippen molar-refractivity contribution in [1.82, 2.24) is 9.38 Å². The van der Waals surface area contributed by atoms with E-state index < -0.39 is 0 Å². The number of aryl methyl sites for hydroxylation is 2. The van der Waals surface area contributed by atoms with Crippen LogP contribution in [-0.2, 0) is 0 Å². The first-order valence-electron chi connectivity index (χ1n) is 8.99. The molecule has 4 aromatic rings. The number of benzene rings is 2. The number of nitrogen functional groups attached to an aromatic ring is 1. The van der Waals surface area contributed by atoms with Crippen LogP contribution in [0.15, 0.2) is 66.9 Å². The lowest BCUT2D eigenvalue weighted by Gasteiger charge is -2.10. The van der Waals surface area contributed by atoms with Crippen LogP contribution in [0.2, 0.25) is 0 Å². The van der Waals surface area contributed by atoms with Crippen molar-refractivity contribution in [3.05, 3.63) is 78.2 Å². The van der Waals surface area contributed by atoms with Crippen molar-refractivity contribution >= 4 is 28.7 Å². The Kier molecular flexibility index (Phi) is 4.45. The maximum Gasteiger partial charge on any atom is 0.323 e. The van der Waals surface area contributed by atoms with Crippen LogP contribution in [-0.4, -0.2) is 15.4 Å². The number of hydrogen-bond donors (Lipinski definition) is 3. The molecule has 0 radical (unpaired) electrons. The molecule has 2 aromatic carbocycles. The third kappa shape index (κ3) is 3.40. The first-order valence-corrected chi connectivity index (χ1v) is 8.99. The molecule has 0 spiro atoms. The van der Waals surface area contributed by atoms with Crippen LogP contribution in [0.1, 0.15) is 11.4 Å². The molecule has 0 atom stereocenters. The molecule has 140 valence electrons. The van der Waals surface area contributed by atoms with Crippen molar-refractivity contribution in [2.75, 3.05) is 16.4 Å². The van der Waals surface area contributed by atoms with Crippen LogP contribution in [0.5, 0.6) is 0 Å². The number of amides is 2. The maximum absolute atomic E-state index is 12.2. The van der Waals surface area contributed by atoms with E-state index in [9.17, 15) is 4.79 Å². The first kappa shape index (κ1) is 17.6. The third-order valence-electron chi connectivity index (χ3n) is 4.60. The normalized spacial score (nSPS) is 10.8. The Morgan fingerprint density at radius 3 is 2.46 bits per heavy atom. The van der Waals surface area contributed by atoms with E-state index in [2.05, 4.69) is 15.6 Å². The van der Waals surface area contributed by atoms with E-state index >= 15 is 0 Å². The number of fused-ring (bicyclic) bond motifs is 1. The molecule has 4 N–H and O–H groups in total. The number of imidazole rings is 1. The van der Waals surface area contributed by atoms with E-state index in [1.54, 1.807) is 0 Å². The van der Waals surface area contributed by atoms with Crippen molar-refractivity contribution in [2.45, 2.75) is 13.8 Å². The summed E-state index contributed by atoms with van der Waals surface area (Å²) in [4.78, 5) is 16.6. The number of rotatable bonds is 3. The van der Waals surface area contributed by atoms with Gasteiger partial charge in [-0.3, -0.25) is 0 Å². The summed E-state index contributed by atoms with van der Waals surface area (Å²) < 4.78 is 1.98. The van der Waals surface area contributed by atoms with Crippen molar-refractivity contribution in [3.8, 4) is 11.1 Å². The Morgan fingerprint density at radius 2 is 1.71 bits per heavy atom. The Balaban J connectivity index is 1.54. The van der Waals surface area contributed by atoms with E-state index in [-0.39, 0.29) is 6.03 Å². The fourth-order valence-electron chi connectivity index (χ4n) is 3.30. The highest BCUT2D eigenvalue weighted by molar-refractivity contribution is 6.00. The van der Waals surface area contributed by atoms with Gasteiger partial charge in [-0.1, -0.05) is 30.3 Å². The quantitative estimate of drug-likeness (QED) is 0.481. The van der Waals surface area contributed by atoms with Crippen LogP contribution >= 0.6 is 0 Å². The molecule has 0 aliphatic rings. The van der Waals surface area contributed by atoms with Gasteiger partial charge in [0.25, 0.3) is 0 Å². The zero-order valence-electron chi connectivity index (χ0n) is 15.7. The molecule has 0 aliphatic carbocycles. The molecule has 2 aromatic heterocycles. The molecular formula is C22H21N5O. The van der Waals surface area contributed by atoms with Gasteiger partial charge in [-0.2, -0.15) is 0 Å². The summed E-state index contributed by atoms with van der Waals surface area (Å²) in [5, 5.41) is 5.68.